The Balaban J connectivity index is 1.61. The molecular weight excluding hydrogens is 390 g/mol. The van der Waals surface area contributed by atoms with Crippen molar-refractivity contribution in [2.75, 3.05) is 11.6 Å². The van der Waals surface area contributed by atoms with Crippen LogP contribution in [0.25, 0.3) is 10.9 Å². The number of H-pyrrole nitrogens is 1. The van der Waals surface area contributed by atoms with Crippen molar-refractivity contribution in [1.82, 2.24) is 15.5 Å². The summed E-state index contributed by atoms with van der Waals surface area (Å²) in [6.07, 6.45) is 2.69. The fraction of sp³-hybridized carbons (Fsp3) is 0.211. The maximum Gasteiger partial charge on any atom is 0.233 e. The van der Waals surface area contributed by atoms with E-state index in [1.807, 2.05) is 31.2 Å². The van der Waals surface area contributed by atoms with Crippen LogP contribution in [0.15, 0.2) is 52.4 Å². The van der Waals surface area contributed by atoms with E-state index in [2.05, 4.69) is 30.8 Å². The van der Waals surface area contributed by atoms with Crippen molar-refractivity contribution in [2.24, 2.45) is 15.7 Å². The van der Waals surface area contributed by atoms with Gasteiger partial charge in [-0.25, -0.2) is 18.4 Å². The zero-order valence-corrected chi connectivity index (χ0v) is 16.8. The highest BCUT2D eigenvalue weighted by molar-refractivity contribution is 7.89. The number of nitrogens with zero attached hydrogens (tertiary/aromatic N) is 3. The first-order valence-electron chi connectivity index (χ1n) is 8.90. The van der Waals surface area contributed by atoms with Crippen molar-refractivity contribution < 1.29 is 8.42 Å². The number of aliphatic imine (C=N–C) groups is 2. The van der Waals surface area contributed by atoms with Crippen LogP contribution in [-0.2, 0) is 21.4 Å². The van der Waals surface area contributed by atoms with Gasteiger partial charge in [0.2, 0.25) is 11.7 Å². The number of aromatic nitrogens is 2. The summed E-state index contributed by atoms with van der Waals surface area (Å²) in [4.78, 5) is 8.82. The van der Waals surface area contributed by atoms with Gasteiger partial charge >= 0.3 is 0 Å². The van der Waals surface area contributed by atoms with Gasteiger partial charge in [0.25, 0.3) is 0 Å². The minimum absolute atomic E-state index is 0.0339. The lowest BCUT2D eigenvalue weighted by Crippen LogP contribution is -2.43. The average molecular weight is 411 g/mol. The number of aryl methyl sites for hydroxylation is 1. The van der Waals surface area contributed by atoms with Crippen LogP contribution in [0.2, 0.25) is 0 Å². The number of nitrogens with one attached hydrogen (secondary N) is 3. The van der Waals surface area contributed by atoms with Crippen LogP contribution in [-0.4, -0.2) is 37.2 Å². The summed E-state index contributed by atoms with van der Waals surface area (Å²) in [7, 11) is -3.12. The average Bonchev–Trinajstić information content (AvgIpc) is 3.01. The predicted molar refractivity (Wildman–Crippen MR) is 114 cm³/mol. The second-order valence-electron chi connectivity index (χ2n) is 7.07. The molecule has 3 aromatic rings. The number of guanidine groups is 1. The number of aromatic amines is 1. The minimum atomic E-state index is -3.12. The van der Waals surface area contributed by atoms with E-state index in [0.717, 1.165) is 16.6 Å². The van der Waals surface area contributed by atoms with Crippen LogP contribution in [0.5, 0.6) is 0 Å². The predicted octanol–water partition coefficient (Wildman–Crippen LogP) is 1.58. The molecule has 150 valence electrons. The van der Waals surface area contributed by atoms with Crippen molar-refractivity contribution in [2.45, 2.75) is 18.5 Å². The zero-order chi connectivity index (χ0) is 20.6. The van der Waals surface area contributed by atoms with Crippen molar-refractivity contribution in [1.29, 1.82) is 0 Å². The van der Waals surface area contributed by atoms with E-state index in [1.165, 1.54) is 12.6 Å². The number of fused-ring (bicyclic) bond motifs is 1. The Morgan fingerprint density at radius 1 is 1.21 bits per heavy atom. The summed E-state index contributed by atoms with van der Waals surface area (Å²) in [5, 5.41) is 14.3. The molecule has 1 unspecified atom stereocenters. The van der Waals surface area contributed by atoms with Gasteiger partial charge in [0.15, 0.2) is 9.84 Å². The Labute approximate surface area is 168 Å². The van der Waals surface area contributed by atoms with Gasteiger partial charge in [0.1, 0.15) is 0 Å². The second-order valence-corrected chi connectivity index (χ2v) is 9.21. The lowest BCUT2D eigenvalue weighted by molar-refractivity contribution is 0.490. The second kappa shape index (κ2) is 6.98. The number of nitrogens with two attached hydrogens (primary N) is 1. The van der Waals surface area contributed by atoms with Gasteiger partial charge in [-0.2, -0.15) is 5.10 Å². The van der Waals surface area contributed by atoms with Gasteiger partial charge in [0.05, 0.1) is 17.6 Å². The van der Waals surface area contributed by atoms with Crippen LogP contribution < -0.4 is 16.4 Å². The molecule has 1 atom stereocenters. The quantitative estimate of drug-likeness (QED) is 0.514. The molecule has 0 saturated carbocycles. The Morgan fingerprint density at radius 2 is 2.03 bits per heavy atom. The fourth-order valence-corrected chi connectivity index (χ4v) is 3.96. The van der Waals surface area contributed by atoms with Crippen molar-refractivity contribution in [3.8, 4) is 0 Å². The molecule has 4 rings (SSSR count). The van der Waals surface area contributed by atoms with Gasteiger partial charge in [-0.05, 0) is 30.7 Å². The van der Waals surface area contributed by atoms with E-state index >= 15 is 0 Å². The van der Waals surface area contributed by atoms with E-state index in [4.69, 9.17) is 5.73 Å². The number of benzene rings is 2. The molecule has 9 nitrogen and oxygen atoms in total. The van der Waals surface area contributed by atoms with E-state index in [9.17, 15) is 8.42 Å². The van der Waals surface area contributed by atoms with Crippen LogP contribution in [0, 0.1) is 6.92 Å². The van der Waals surface area contributed by atoms with E-state index < -0.39 is 15.6 Å². The molecule has 29 heavy (non-hydrogen) atoms. The molecule has 0 spiro atoms. The van der Waals surface area contributed by atoms with E-state index in [0.29, 0.717) is 22.8 Å². The molecule has 1 aliphatic heterocycles. The van der Waals surface area contributed by atoms with Crippen LogP contribution >= 0.6 is 0 Å². The number of anilines is 1. The molecule has 0 aliphatic carbocycles. The maximum absolute atomic E-state index is 11.5. The van der Waals surface area contributed by atoms with Crippen LogP contribution in [0.4, 0.5) is 5.69 Å². The van der Waals surface area contributed by atoms with Gasteiger partial charge in [-0.15, -0.1) is 0 Å². The minimum Gasteiger partial charge on any atom is -0.326 e. The highest BCUT2D eigenvalue weighted by Crippen LogP contribution is 2.27. The molecule has 1 aliphatic rings. The SMILES string of the molecule is Cc1[nH]nc2cc(C3(N)N=CNC(Nc4cccc(CS(C)(=O)=O)c4)=N3)ccc12. The van der Waals surface area contributed by atoms with Crippen LogP contribution in [0.1, 0.15) is 16.8 Å². The maximum atomic E-state index is 11.5. The fourth-order valence-electron chi connectivity index (χ4n) is 3.18. The van der Waals surface area contributed by atoms with E-state index in [1.54, 1.807) is 18.2 Å². The summed E-state index contributed by atoms with van der Waals surface area (Å²) in [6, 6.07) is 12.8. The first-order chi connectivity index (χ1) is 13.7. The Hall–Kier alpha value is -3.24. The van der Waals surface area contributed by atoms with Crippen molar-refractivity contribution in [3.05, 3.63) is 59.3 Å². The molecule has 5 N–H and O–H groups in total. The third kappa shape index (κ3) is 4.13. The van der Waals surface area contributed by atoms with Gasteiger partial charge in [-0.3, -0.25) is 10.8 Å². The lowest BCUT2D eigenvalue weighted by atomic mass is 10.1. The Kier molecular flexibility index (Phi) is 4.59. The molecule has 0 amide bonds. The molecule has 2 aromatic carbocycles. The molecule has 1 aromatic heterocycles. The Morgan fingerprint density at radius 3 is 2.83 bits per heavy atom. The first kappa shape index (κ1) is 19.1. The third-order valence-electron chi connectivity index (χ3n) is 4.53. The molecule has 0 radical (unpaired) electrons. The van der Waals surface area contributed by atoms with Crippen molar-refractivity contribution >= 4 is 38.7 Å². The third-order valence-corrected chi connectivity index (χ3v) is 5.39. The molecule has 0 saturated heterocycles. The first-order valence-corrected chi connectivity index (χ1v) is 11.0. The zero-order valence-electron chi connectivity index (χ0n) is 16.0. The highest BCUT2D eigenvalue weighted by atomic mass is 32.2. The van der Waals surface area contributed by atoms with Crippen molar-refractivity contribution in [3.63, 3.8) is 0 Å². The largest absolute Gasteiger partial charge is 0.326 e. The standard InChI is InChI=1S/C19H21N7O2S/c1-12-16-7-6-14(9-17(16)26-25-12)19(20)22-11-21-18(24-19)23-15-5-3-4-13(8-15)10-29(2,27)28/h3-9,11H,10,20H2,1-2H3,(H,25,26)(H2,21,22,23,24). The highest BCUT2D eigenvalue weighted by Gasteiger charge is 2.29. The topological polar surface area (TPSA) is 138 Å². The lowest BCUT2D eigenvalue weighted by Gasteiger charge is -2.26. The molecule has 10 heteroatoms. The Bertz CT molecular complexity index is 1250. The molecular formula is C19H21N7O2S. The summed E-state index contributed by atoms with van der Waals surface area (Å²) in [5.74, 6) is -0.940. The summed E-state index contributed by atoms with van der Waals surface area (Å²) in [5.41, 5.74) is 10.3. The van der Waals surface area contributed by atoms with E-state index in [-0.39, 0.29) is 5.75 Å². The molecule has 0 bridgehead atoms. The number of sulfone groups is 1. The number of hydrogen-bond donors (Lipinski definition) is 4. The summed E-state index contributed by atoms with van der Waals surface area (Å²) in [6.45, 7) is 1.95. The normalized spacial score (nSPS) is 19.1. The smallest absolute Gasteiger partial charge is 0.233 e. The number of rotatable bonds is 4. The molecule has 0 fully saturated rings. The molecule has 2 heterocycles. The summed E-state index contributed by atoms with van der Waals surface area (Å²) >= 11 is 0. The monoisotopic (exact) mass is 411 g/mol. The van der Waals surface area contributed by atoms with Crippen LogP contribution in [0.3, 0.4) is 0 Å². The van der Waals surface area contributed by atoms with Gasteiger partial charge in [-0.1, -0.05) is 24.3 Å². The van der Waals surface area contributed by atoms with Gasteiger partial charge < -0.3 is 10.6 Å². The van der Waals surface area contributed by atoms with Gasteiger partial charge in [0, 0.05) is 28.6 Å². The number of hydrogen-bond acceptors (Lipinski definition) is 8. The summed E-state index contributed by atoms with van der Waals surface area (Å²) < 4.78 is 23.1.